The number of aryl methyl sites for hydroxylation is 1. The first-order valence-corrected chi connectivity index (χ1v) is 4.19. The van der Waals surface area contributed by atoms with Crippen LogP contribution in [0.4, 0.5) is 0 Å². The zero-order chi connectivity index (χ0) is 8.53. The Morgan fingerprint density at radius 1 is 1.36 bits per heavy atom. The van der Waals surface area contributed by atoms with Gasteiger partial charge in [-0.2, -0.15) is 15.4 Å². The van der Waals surface area contributed by atoms with E-state index in [9.17, 15) is 0 Å². The number of hydrogen-bond donors (Lipinski definition) is 1. The number of nitrogens with one attached hydrogen (secondary N) is 1. The molecule has 0 atom stereocenters. The van der Waals surface area contributed by atoms with Gasteiger partial charge >= 0.3 is 0 Å². The summed E-state index contributed by atoms with van der Waals surface area (Å²) in [5.41, 5.74) is 1.05. The van der Waals surface area contributed by atoms with E-state index in [2.05, 4.69) is 36.2 Å². The molecule has 0 amide bonds. The number of hydrogen-bond acceptors (Lipinski definition) is 2. The molecule has 1 aromatic rings. The van der Waals surface area contributed by atoms with Crippen LogP contribution in [0.5, 0.6) is 0 Å². The minimum Gasteiger partial charge on any atom is -0.198 e. The van der Waals surface area contributed by atoms with E-state index in [1.807, 2.05) is 0 Å². The van der Waals surface area contributed by atoms with Crippen molar-refractivity contribution in [2.24, 2.45) is 0 Å². The van der Waals surface area contributed by atoms with Crippen LogP contribution in [0.3, 0.4) is 0 Å². The molecule has 0 aromatic carbocycles. The molecule has 0 fully saturated rings. The standard InChI is InChI=1S/C5H9N3.C3H8/c1-2-3-5-4-6-8-7-5;1-3-2/h4H,2-3H2,1H3,(H,6,7,8);3H2,1-2H3. The maximum atomic E-state index is 3.87. The van der Waals surface area contributed by atoms with Gasteiger partial charge in [-0.05, 0) is 6.42 Å². The lowest BCUT2D eigenvalue weighted by Gasteiger charge is -1.82. The van der Waals surface area contributed by atoms with Gasteiger partial charge in [0.05, 0.1) is 11.9 Å². The van der Waals surface area contributed by atoms with E-state index in [4.69, 9.17) is 0 Å². The van der Waals surface area contributed by atoms with Crippen LogP contribution in [0.1, 0.15) is 39.3 Å². The van der Waals surface area contributed by atoms with Crippen LogP contribution in [0.25, 0.3) is 0 Å². The Balaban J connectivity index is 0.000000292. The first-order valence-electron chi connectivity index (χ1n) is 4.19. The highest BCUT2D eigenvalue weighted by molar-refractivity contribution is 4.89. The molecular formula is C8H17N3. The average molecular weight is 155 g/mol. The van der Waals surface area contributed by atoms with Gasteiger partial charge in [0.1, 0.15) is 0 Å². The topological polar surface area (TPSA) is 41.6 Å². The average Bonchev–Trinajstić information content (AvgIpc) is 2.42. The van der Waals surface area contributed by atoms with Gasteiger partial charge in [-0.15, -0.1) is 0 Å². The number of nitrogens with zero attached hydrogens (tertiary/aromatic N) is 2. The molecule has 3 nitrogen and oxygen atoms in total. The molecule has 64 valence electrons. The van der Waals surface area contributed by atoms with Crippen LogP contribution in [0, 0.1) is 0 Å². The second-order valence-electron chi connectivity index (χ2n) is 2.42. The zero-order valence-corrected chi connectivity index (χ0v) is 7.59. The van der Waals surface area contributed by atoms with Gasteiger partial charge in [-0.25, -0.2) is 0 Å². The van der Waals surface area contributed by atoms with Crippen molar-refractivity contribution in [1.29, 1.82) is 0 Å². The van der Waals surface area contributed by atoms with E-state index in [1.54, 1.807) is 6.20 Å². The number of H-pyrrole nitrogens is 1. The third-order valence-electron chi connectivity index (χ3n) is 0.971. The van der Waals surface area contributed by atoms with Crippen LogP contribution in [0.2, 0.25) is 0 Å². The SMILES string of the molecule is CCC.CCCc1cn[nH]n1. The van der Waals surface area contributed by atoms with E-state index < -0.39 is 0 Å². The van der Waals surface area contributed by atoms with Crippen LogP contribution in [-0.2, 0) is 6.42 Å². The molecule has 1 heterocycles. The largest absolute Gasteiger partial charge is 0.198 e. The molecule has 1 aromatic heterocycles. The van der Waals surface area contributed by atoms with E-state index in [-0.39, 0.29) is 0 Å². The molecule has 1 rings (SSSR count). The Bertz CT molecular complexity index is 146. The summed E-state index contributed by atoms with van der Waals surface area (Å²) >= 11 is 0. The lowest BCUT2D eigenvalue weighted by Crippen LogP contribution is -1.80. The third kappa shape index (κ3) is 5.58. The zero-order valence-electron chi connectivity index (χ0n) is 7.59. The summed E-state index contributed by atoms with van der Waals surface area (Å²) in [6.45, 7) is 6.37. The summed E-state index contributed by atoms with van der Waals surface area (Å²) < 4.78 is 0. The van der Waals surface area contributed by atoms with Crippen molar-refractivity contribution in [1.82, 2.24) is 15.4 Å². The number of aromatic amines is 1. The van der Waals surface area contributed by atoms with Crippen LogP contribution in [-0.4, -0.2) is 15.4 Å². The molecule has 0 aliphatic carbocycles. The monoisotopic (exact) mass is 155 g/mol. The van der Waals surface area contributed by atoms with Gasteiger partial charge < -0.3 is 0 Å². The predicted molar refractivity (Wildman–Crippen MR) is 46.3 cm³/mol. The Labute approximate surface area is 68.2 Å². The lowest BCUT2D eigenvalue weighted by atomic mass is 10.3. The molecule has 0 aliphatic rings. The van der Waals surface area contributed by atoms with E-state index >= 15 is 0 Å². The molecule has 0 spiro atoms. The Morgan fingerprint density at radius 2 is 2.00 bits per heavy atom. The Hall–Kier alpha value is -0.860. The van der Waals surface area contributed by atoms with Gasteiger partial charge in [0.25, 0.3) is 0 Å². The summed E-state index contributed by atoms with van der Waals surface area (Å²) in [5.74, 6) is 0. The Morgan fingerprint density at radius 3 is 2.36 bits per heavy atom. The molecule has 0 aliphatic heterocycles. The molecule has 0 saturated heterocycles. The van der Waals surface area contributed by atoms with Crippen molar-refractivity contribution in [2.45, 2.75) is 40.0 Å². The second kappa shape index (κ2) is 7.25. The summed E-state index contributed by atoms with van der Waals surface area (Å²) in [6.07, 6.45) is 5.16. The van der Waals surface area contributed by atoms with Crippen molar-refractivity contribution >= 4 is 0 Å². The number of aromatic nitrogens is 3. The summed E-state index contributed by atoms with van der Waals surface area (Å²) in [4.78, 5) is 0. The Kier molecular flexibility index (Phi) is 6.68. The van der Waals surface area contributed by atoms with Crippen LogP contribution < -0.4 is 0 Å². The van der Waals surface area contributed by atoms with Gasteiger partial charge in [-0.1, -0.05) is 33.6 Å². The minimum absolute atomic E-state index is 1.02. The maximum Gasteiger partial charge on any atom is 0.0824 e. The fourth-order valence-electron chi connectivity index (χ4n) is 0.602. The third-order valence-corrected chi connectivity index (χ3v) is 0.971. The fraction of sp³-hybridized carbons (Fsp3) is 0.750. The van der Waals surface area contributed by atoms with E-state index in [1.165, 1.54) is 6.42 Å². The molecule has 11 heavy (non-hydrogen) atoms. The summed E-state index contributed by atoms with van der Waals surface area (Å²) in [7, 11) is 0. The smallest absolute Gasteiger partial charge is 0.0824 e. The minimum atomic E-state index is 1.02. The fourth-order valence-corrected chi connectivity index (χ4v) is 0.602. The quantitative estimate of drug-likeness (QED) is 0.711. The molecule has 0 bridgehead atoms. The highest BCUT2D eigenvalue weighted by Gasteiger charge is 1.89. The van der Waals surface area contributed by atoms with Crippen LogP contribution in [0.15, 0.2) is 6.20 Å². The van der Waals surface area contributed by atoms with E-state index in [0.29, 0.717) is 0 Å². The molecule has 0 unspecified atom stereocenters. The second-order valence-corrected chi connectivity index (χ2v) is 2.42. The molecule has 0 saturated carbocycles. The highest BCUT2D eigenvalue weighted by atomic mass is 15.3. The number of rotatable bonds is 2. The highest BCUT2D eigenvalue weighted by Crippen LogP contribution is 1.92. The first kappa shape index (κ1) is 10.1. The molecule has 0 radical (unpaired) electrons. The summed E-state index contributed by atoms with van der Waals surface area (Å²) in [6, 6.07) is 0. The molecular weight excluding hydrogens is 138 g/mol. The molecule has 3 heteroatoms. The van der Waals surface area contributed by atoms with Gasteiger partial charge in [0.15, 0.2) is 0 Å². The van der Waals surface area contributed by atoms with Crippen molar-refractivity contribution in [3.05, 3.63) is 11.9 Å². The van der Waals surface area contributed by atoms with E-state index in [0.717, 1.165) is 18.5 Å². The normalized spacial score (nSPS) is 8.64. The predicted octanol–water partition coefficient (Wildman–Crippen LogP) is 2.17. The summed E-state index contributed by atoms with van der Waals surface area (Å²) in [5, 5.41) is 10.1. The molecule has 1 N–H and O–H groups in total. The maximum absolute atomic E-state index is 3.87. The van der Waals surface area contributed by atoms with Crippen molar-refractivity contribution in [3.63, 3.8) is 0 Å². The van der Waals surface area contributed by atoms with Crippen LogP contribution >= 0.6 is 0 Å². The lowest BCUT2D eigenvalue weighted by molar-refractivity contribution is 0.853. The van der Waals surface area contributed by atoms with Crippen molar-refractivity contribution in [2.75, 3.05) is 0 Å². The van der Waals surface area contributed by atoms with Gasteiger partial charge in [0, 0.05) is 0 Å². The van der Waals surface area contributed by atoms with Gasteiger partial charge in [-0.3, -0.25) is 0 Å². The van der Waals surface area contributed by atoms with Gasteiger partial charge in [0.2, 0.25) is 0 Å². The first-order chi connectivity index (χ1) is 5.35. The van der Waals surface area contributed by atoms with Crippen molar-refractivity contribution in [3.8, 4) is 0 Å². The van der Waals surface area contributed by atoms with Crippen molar-refractivity contribution < 1.29 is 0 Å².